The van der Waals surface area contributed by atoms with E-state index in [-0.39, 0.29) is 18.6 Å². The standard InChI is InChI=1S/C11H17NO5/c1-7(13)4-5-8(11(15)16)12-10(14)9-3-2-6-17-9/h8-9H,2-6H2,1H3,(H,12,14)(H,15,16)/t8-,9-/m1/s1. The SMILES string of the molecule is CC(=O)CC[C@@H](NC(=O)[C@H]1CCCO1)C(=O)O. The van der Waals surface area contributed by atoms with Crippen LogP contribution in [0, 0.1) is 0 Å². The molecule has 0 aromatic carbocycles. The van der Waals surface area contributed by atoms with Crippen molar-refractivity contribution in [1.82, 2.24) is 5.32 Å². The van der Waals surface area contributed by atoms with Crippen LogP contribution >= 0.6 is 0 Å². The van der Waals surface area contributed by atoms with Crippen LogP contribution < -0.4 is 5.32 Å². The van der Waals surface area contributed by atoms with Crippen molar-refractivity contribution < 1.29 is 24.2 Å². The maximum atomic E-state index is 11.6. The van der Waals surface area contributed by atoms with Gasteiger partial charge < -0.3 is 20.0 Å². The van der Waals surface area contributed by atoms with Gasteiger partial charge in [-0.15, -0.1) is 0 Å². The Balaban J connectivity index is 2.44. The normalized spacial score (nSPS) is 20.9. The van der Waals surface area contributed by atoms with Crippen molar-refractivity contribution in [2.75, 3.05) is 6.61 Å². The Morgan fingerprint density at radius 3 is 2.65 bits per heavy atom. The van der Waals surface area contributed by atoms with Crippen LogP contribution in [-0.4, -0.2) is 41.5 Å². The third-order valence-electron chi connectivity index (χ3n) is 2.62. The summed E-state index contributed by atoms with van der Waals surface area (Å²) in [6.45, 7) is 1.92. The minimum atomic E-state index is -1.13. The third-order valence-corrected chi connectivity index (χ3v) is 2.62. The number of ketones is 1. The fourth-order valence-corrected chi connectivity index (χ4v) is 1.65. The number of hydrogen-bond acceptors (Lipinski definition) is 4. The Bertz CT molecular complexity index is 309. The van der Waals surface area contributed by atoms with Gasteiger partial charge in [0.05, 0.1) is 0 Å². The van der Waals surface area contributed by atoms with Crippen LogP contribution in [0.2, 0.25) is 0 Å². The zero-order valence-electron chi connectivity index (χ0n) is 9.77. The molecule has 1 aliphatic rings. The number of ether oxygens (including phenoxy) is 1. The molecule has 0 spiro atoms. The summed E-state index contributed by atoms with van der Waals surface area (Å²) in [7, 11) is 0. The molecule has 0 aromatic rings. The quantitative estimate of drug-likeness (QED) is 0.690. The summed E-state index contributed by atoms with van der Waals surface area (Å²) in [4.78, 5) is 33.3. The molecule has 1 aliphatic heterocycles. The highest BCUT2D eigenvalue weighted by Gasteiger charge is 2.28. The third kappa shape index (κ3) is 4.52. The van der Waals surface area contributed by atoms with E-state index < -0.39 is 24.0 Å². The van der Waals surface area contributed by atoms with Crippen molar-refractivity contribution >= 4 is 17.7 Å². The number of carbonyl (C=O) groups is 3. The molecular weight excluding hydrogens is 226 g/mol. The summed E-state index contributed by atoms with van der Waals surface area (Å²) in [6, 6.07) is -1.02. The van der Waals surface area contributed by atoms with E-state index in [1.54, 1.807) is 0 Å². The lowest BCUT2D eigenvalue weighted by molar-refractivity contribution is -0.143. The Kier molecular flexibility index (Phi) is 5.09. The topological polar surface area (TPSA) is 92.7 Å². The van der Waals surface area contributed by atoms with Crippen LogP contribution in [0.5, 0.6) is 0 Å². The van der Waals surface area contributed by atoms with Crippen molar-refractivity contribution in [2.45, 2.75) is 44.8 Å². The van der Waals surface area contributed by atoms with Crippen molar-refractivity contribution in [2.24, 2.45) is 0 Å². The zero-order chi connectivity index (χ0) is 12.8. The van der Waals surface area contributed by atoms with E-state index in [1.165, 1.54) is 6.92 Å². The summed E-state index contributed by atoms with van der Waals surface area (Å²) in [6.07, 6.45) is 1.13. The lowest BCUT2D eigenvalue weighted by Crippen LogP contribution is -2.45. The molecule has 0 radical (unpaired) electrons. The first-order chi connectivity index (χ1) is 8.00. The van der Waals surface area contributed by atoms with Crippen LogP contribution in [0.3, 0.4) is 0 Å². The van der Waals surface area contributed by atoms with Crippen molar-refractivity contribution in [1.29, 1.82) is 0 Å². The number of amides is 1. The van der Waals surface area contributed by atoms with Gasteiger partial charge in [-0.2, -0.15) is 0 Å². The van der Waals surface area contributed by atoms with E-state index >= 15 is 0 Å². The predicted molar refractivity (Wildman–Crippen MR) is 58.5 cm³/mol. The number of nitrogens with one attached hydrogen (secondary N) is 1. The summed E-state index contributed by atoms with van der Waals surface area (Å²) < 4.78 is 5.15. The highest BCUT2D eigenvalue weighted by atomic mass is 16.5. The van der Waals surface area contributed by atoms with Gasteiger partial charge in [0.1, 0.15) is 17.9 Å². The molecule has 1 rings (SSSR count). The van der Waals surface area contributed by atoms with Crippen LogP contribution in [0.4, 0.5) is 0 Å². The molecule has 6 heteroatoms. The summed E-state index contributed by atoms with van der Waals surface area (Å²) >= 11 is 0. The van der Waals surface area contributed by atoms with Gasteiger partial charge in [-0.1, -0.05) is 0 Å². The van der Waals surface area contributed by atoms with Crippen molar-refractivity contribution in [3.05, 3.63) is 0 Å². The molecule has 1 heterocycles. The van der Waals surface area contributed by atoms with Gasteiger partial charge in [0.2, 0.25) is 5.91 Å². The maximum absolute atomic E-state index is 11.6. The fourth-order valence-electron chi connectivity index (χ4n) is 1.65. The van der Waals surface area contributed by atoms with Gasteiger partial charge >= 0.3 is 5.97 Å². The summed E-state index contributed by atoms with van der Waals surface area (Å²) in [5, 5.41) is 11.3. The average molecular weight is 243 g/mol. The second-order valence-corrected chi connectivity index (χ2v) is 4.14. The largest absolute Gasteiger partial charge is 0.480 e. The molecule has 6 nitrogen and oxygen atoms in total. The lowest BCUT2D eigenvalue weighted by Gasteiger charge is -2.16. The van der Waals surface area contributed by atoms with Crippen LogP contribution in [-0.2, 0) is 19.1 Å². The first kappa shape index (κ1) is 13.6. The van der Waals surface area contributed by atoms with E-state index in [1.807, 2.05) is 0 Å². The van der Waals surface area contributed by atoms with Gasteiger partial charge in [-0.3, -0.25) is 4.79 Å². The number of carboxylic acids is 1. The van der Waals surface area contributed by atoms with E-state index in [0.29, 0.717) is 13.0 Å². The van der Waals surface area contributed by atoms with Gasteiger partial charge in [-0.25, -0.2) is 4.79 Å². The second kappa shape index (κ2) is 6.34. The highest BCUT2D eigenvalue weighted by Crippen LogP contribution is 2.12. The molecule has 2 atom stereocenters. The Morgan fingerprint density at radius 2 is 2.18 bits per heavy atom. The number of carbonyl (C=O) groups excluding carboxylic acids is 2. The fraction of sp³-hybridized carbons (Fsp3) is 0.727. The van der Waals surface area contributed by atoms with Crippen molar-refractivity contribution in [3.63, 3.8) is 0 Å². The number of carboxylic acid groups (broad SMARTS) is 1. The second-order valence-electron chi connectivity index (χ2n) is 4.14. The summed E-state index contributed by atoms with van der Waals surface area (Å²) in [5.41, 5.74) is 0. The molecule has 0 unspecified atom stereocenters. The van der Waals surface area contributed by atoms with Gasteiger partial charge in [0, 0.05) is 13.0 Å². The number of aliphatic carboxylic acids is 1. The predicted octanol–water partition coefficient (Wildman–Crippen LogP) is 0.104. The zero-order valence-corrected chi connectivity index (χ0v) is 9.77. The number of Topliss-reactive ketones (excluding diaryl/α,β-unsaturated/α-hetero) is 1. The highest BCUT2D eigenvalue weighted by molar-refractivity contribution is 5.87. The van der Waals surface area contributed by atoms with E-state index in [4.69, 9.17) is 9.84 Å². The van der Waals surface area contributed by atoms with Crippen molar-refractivity contribution in [3.8, 4) is 0 Å². The Labute approximate surface area is 99.3 Å². The molecule has 0 saturated carbocycles. The lowest BCUT2D eigenvalue weighted by atomic mass is 10.1. The molecule has 0 aromatic heterocycles. The molecule has 0 bridgehead atoms. The minimum absolute atomic E-state index is 0.0948. The maximum Gasteiger partial charge on any atom is 0.326 e. The molecule has 17 heavy (non-hydrogen) atoms. The van der Waals surface area contributed by atoms with E-state index in [2.05, 4.69) is 5.32 Å². The molecular formula is C11H17NO5. The first-order valence-electron chi connectivity index (χ1n) is 5.65. The molecule has 96 valence electrons. The Hall–Kier alpha value is -1.43. The van der Waals surface area contributed by atoms with E-state index in [9.17, 15) is 14.4 Å². The number of rotatable bonds is 6. The van der Waals surface area contributed by atoms with Gasteiger partial charge in [0.25, 0.3) is 0 Å². The van der Waals surface area contributed by atoms with Crippen LogP contribution in [0.25, 0.3) is 0 Å². The Morgan fingerprint density at radius 1 is 1.47 bits per heavy atom. The number of hydrogen-bond donors (Lipinski definition) is 2. The molecule has 1 fully saturated rings. The van der Waals surface area contributed by atoms with Crippen LogP contribution in [0.15, 0.2) is 0 Å². The minimum Gasteiger partial charge on any atom is -0.480 e. The molecule has 2 N–H and O–H groups in total. The monoisotopic (exact) mass is 243 g/mol. The van der Waals surface area contributed by atoms with Gasteiger partial charge in [0.15, 0.2) is 0 Å². The smallest absolute Gasteiger partial charge is 0.326 e. The molecule has 1 saturated heterocycles. The average Bonchev–Trinajstić information content (AvgIpc) is 2.76. The first-order valence-corrected chi connectivity index (χ1v) is 5.65. The summed E-state index contributed by atoms with van der Waals surface area (Å²) in [5.74, 6) is -1.63. The molecule has 1 amide bonds. The van der Waals surface area contributed by atoms with Gasteiger partial charge in [-0.05, 0) is 26.2 Å². The van der Waals surface area contributed by atoms with E-state index in [0.717, 1.165) is 6.42 Å². The van der Waals surface area contributed by atoms with Crippen LogP contribution in [0.1, 0.15) is 32.6 Å². The molecule has 0 aliphatic carbocycles.